The molecule has 0 aromatic carbocycles. The molecule has 0 saturated carbocycles. The van der Waals surface area contributed by atoms with Crippen LogP contribution in [0.3, 0.4) is 0 Å². The molecule has 0 aliphatic heterocycles. The van der Waals surface area contributed by atoms with Crippen LogP contribution in [-0.2, 0) is 0 Å². The zero-order chi connectivity index (χ0) is 13.0. The Morgan fingerprint density at radius 1 is 1.59 bits per heavy atom. The molecule has 17 heavy (non-hydrogen) atoms. The molecule has 2 N–H and O–H groups in total. The van der Waals surface area contributed by atoms with Gasteiger partial charge in [-0.1, -0.05) is 0 Å². The maximum Gasteiger partial charge on any atom is 0.287 e. The number of hydrogen-bond donors (Lipinski definition) is 2. The first-order chi connectivity index (χ1) is 7.97. The van der Waals surface area contributed by atoms with Crippen molar-refractivity contribution in [2.45, 2.75) is 25.6 Å². The number of pyridine rings is 1. The number of aliphatic hydroxyl groups is 2. The van der Waals surface area contributed by atoms with Gasteiger partial charge in [0.25, 0.3) is 5.69 Å². The molecule has 1 aromatic rings. The quantitative estimate of drug-likeness (QED) is 0.473. The number of nitro groups is 1. The van der Waals surface area contributed by atoms with Gasteiger partial charge in [-0.05, 0) is 18.9 Å². The summed E-state index contributed by atoms with van der Waals surface area (Å²) < 4.78 is 0. The molecule has 0 fully saturated rings. The van der Waals surface area contributed by atoms with Gasteiger partial charge in [-0.3, -0.25) is 15.1 Å². The standard InChI is InChI=1S/C10H13ClN2O4/c1-6-4-7(13(16)17)5-12-9(6)10(15)8(14)2-3-11/h4-5,8,10,14-15H,2-3H2,1H3. The molecular weight excluding hydrogens is 248 g/mol. The van der Waals surface area contributed by atoms with E-state index < -0.39 is 17.1 Å². The lowest BCUT2D eigenvalue weighted by Gasteiger charge is -2.17. The van der Waals surface area contributed by atoms with Crippen LogP contribution in [0.2, 0.25) is 0 Å². The maximum atomic E-state index is 10.5. The van der Waals surface area contributed by atoms with Gasteiger partial charge in [0.1, 0.15) is 12.3 Å². The summed E-state index contributed by atoms with van der Waals surface area (Å²) in [5.41, 5.74) is 0.541. The smallest absolute Gasteiger partial charge is 0.287 e. The van der Waals surface area contributed by atoms with E-state index in [-0.39, 0.29) is 23.7 Å². The second-order valence-electron chi connectivity index (χ2n) is 3.64. The molecular formula is C10H13ClN2O4. The Morgan fingerprint density at radius 3 is 2.71 bits per heavy atom. The first-order valence-corrected chi connectivity index (χ1v) is 5.54. The van der Waals surface area contributed by atoms with E-state index in [0.29, 0.717) is 5.56 Å². The summed E-state index contributed by atoms with van der Waals surface area (Å²) in [6.45, 7) is 1.59. The molecule has 7 heteroatoms. The van der Waals surface area contributed by atoms with Crippen molar-refractivity contribution in [3.63, 3.8) is 0 Å². The Balaban J connectivity index is 2.95. The fraction of sp³-hybridized carbons (Fsp3) is 0.500. The lowest BCUT2D eigenvalue weighted by atomic mass is 10.0. The average Bonchev–Trinajstić information content (AvgIpc) is 2.28. The van der Waals surface area contributed by atoms with Crippen LogP contribution in [0.15, 0.2) is 12.3 Å². The number of alkyl halides is 1. The van der Waals surface area contributed by atoms with Crippen molar-refractivity contribution in [1.82, 2.24) is 4.98 Å². The molecule has 1 rings (SSSR count). The number of aryl methyl sites for hydroxylation is 1. The van der Waals surface area contributed by atoms with Crippen molar-refractivity contribution < 1.29 is 15.1 Å². The van der Waals surface area contributed by atoms with Gasteiger partial charge in [0, 0.05) is 11.9 Å². The molecule has 0 saturated heterocycles. The summed E-state index contributed by atoms with van der Waals surface area (Å²) in [4.78, 5) is 13.8. The highest BCUT2D eigenvalue weighted by Gasteiger charge is 2.22. The van der Waals surface area contributed by atoms with Gasteiger partial charge in [-0.15, -0.1) is 11.6 Å². The molecule has 0 aliphatic carbocycles. The Bertz CT molecular complexity index is 413. The van der Waals surface area contributed by atoms with Crippen LogP contribution in [0.4, 0.5) is 5.69 Å². The zero-order valence-electron chi connectivity index (χ0n) is 9.21. The average molecular weight is 261 g/mol. The van der Waals surface area contributed by atoms with Gasteiger partial charge < -0.3 is 10.2 Å². The second-order valence-corrected chi connectivity index (χ2v) is 4.02. The first-order valence-electron chi connectivity index (χ1n) is 5.00. The second kappa shape index (κ2) is 5.90. The van der Waals surface area contributed by atoms with Crippen LogP contribution >= 0.6 is 11.6 Å². The monoisotopic (exact) mass is 260 g/mol. The fourth-order valence-electron chi connectivity index (χ4n) is 1.43. The van der Waals surface area contributed by atoms with Gasteiger partial charge in [0.2, 0.25) is 0 Å². The van der Waals surface area contributed by atoms with Crippen LogP contribution in [0.1, 0.15) is 23.8 Å². The number of halogens is 1. The third kappa shape index (κ3) is 3.36. The van der Waals surface area contributed by atoms with E-state index in [1.54, 1.807) is 6.92 Å². The highest BCUT2D eigenvalue weighted by molar-refractivity contribution is 6.17. The van der Waals surface area contributed by atoms with Crippen LogP contribution in [0.25, 0.3) is 0 Å². The third-order valence-electron chi connectivity index (χ3n) is 2.36. The lowest BCUT2D eigenvalue weighted by molar-refractivity contribution is -0.385. The van der Waals surface area contributed by atoms with Crippen molar-refractivity contribution in [3.8, 4) is 0 Å². The summed E-state index contributed by atoms with van der Waals surface area (Å²) in [6, 6.07) is 1.30. The minimum absolute atomic E-state index is 0.148. The number of hydrogen-bond acceptors (Lipinski definition) is 5. The van der Waals surface area contributed by atoms with E-state index in [2.05, 4.69) is 4.98 Å². The molecule has 1 aromatic heterocycles. The number of rotatable bonds is 5. The summed E-state index contributed by atoms with van der Waals surface area (Å²) in [5, 5.41) is 29.9. The predicted octanol–water partition coefficient (Wildman–Crippen LogP) is 1.32. The minimum Gasteiger partial charge on any atom is -0.390 e. The maximum absolute atomic E-state index is 10.5. The molecule has 2 atom stereocenters. The van der Waals surface area contributed by atoms with Gasteiger partial charge in [0.15, 0.2) is 0 Å². The van der Waals surface area contributed by atoms with Crippen molar-refractivity contribution >= 4 is 17.3 Å². The van der Waals surface area contributed by atoms with Crippen LogP contribution < -0.4 is 0 Å². The number of aromatic nitrogens is 1. The normalized spacial score (nSPS) is 14.4. The zero-order valence-corrected chi connectivity index (χ0v) is 9.96. The van der Waals surface area contributed by atoms with Crippen LogP contribution in [-0.4, -0.2) is 32.1 Å². The van der Waals surface area contributed by atoms with Crippen molar-refractivity contribution in [2.24, 2.45) is 0 Å². The Hall–Kier alpha value is -1.24. The lowest BCUT2D eigenvalue weighted by Crippen LogP contribution is -2.20. The van der Waals surface area contributed by atoms with Gasteiger partial charge in [0.05, 0.1) is 16.7 Å². The van der Waals surface area contributed by atoms with Gasteiger partial charge >= 0.3 is 0 Å². The molecule has 0 radical (unpaired) electrons. The molecule has 0 amide bonds. The Labute approximate surface area is 103 Å². The topological polar surface area (TPSA) is 96.5 Å². The van der Waals surface area contributed by atoms with E-state index in [9.17, 15) is 20.3 Å². The van der Waals surface area contributed by atoms with Crippen molar-refractivity contribution in [3.05, 3.63) is 33.6 Å². The minimum atomic E-state index is -1.19. The summed E-state index contributed by atoms with van der Waals surface area (Å²) in [6.07, 6.45) is -0.936. The van der Waals surface area contributed by atoms with Gasteiger partial charge in [-0.2, -0.15) is 0 Å². The van der Waals surface area contributed by atoms with E-state index >= 15 is 0 Å². The summed E-state index contributed by atoms with van der Waals surface area (Å²) in [5.74, 6) is 0.213. The van der Waals surface area contributed by atoms with E-state index in [4.69, 9.17) is 11.6 Å². The molecule has 6 nitrogen and oxygen atoms in total. The Kier molecular flexibility index (Phi) is 4.80. The molecule has 94 valence electrons. The summed E-state index contributed by atoms with van der Waals surface area (Å²) >= 11 is 5.45. The largest absolute Gasteiger partial charge is 0.390 e. The highest BCUT2D eigenvalue weighted by atomic mass is 35.5. The van der Waals surface area contributed by atoms with Crippen molar-refractivity contribution in [1.29, 1.82) is 0 Å². The van der Waals surface area contributed by atoms with Crippen molar-refractivity contribution in [2.75, 3.05) is 5.88 Å². The molecule has 2 unspecified atom stereocenters. The van der Waals surface area contributed by atoms with Crippen LogP contribution in [0, 0.1) is 17.0 Å². The van der Waals surface area contributed by atoms with E-state index in [1.165, 1.54) is 6.07 Å². The predicted molar refractivity (Wildman–Crippen MR) is 61.9 cm³/mol. The summed E-state index contributed by atoms with van der Waals surface area (Å²) in [7, 11) is 0. The van der Waals surface area contributed by atoms with E-state index in [1.807, 2.05) is 0 Å². The SMILES string of the molecule is Cc1cc([N+](=O)[O-])cnc1C(O)C(O)CCCl. The number of nitrogens with zero attached hydrogens (tertiary/aromatic N) is 2. The van der Waals surface area contributed by atoms with Gasteiger partial charge in [-0.25, -0.2) is 0 Å². The molecule has 0 bridgehead atoms. The number of aliphatic hydroxyl groups excluding tert-OH is 2. The third-order valence-corrected chi connectivity index (χ3v) is 2.58. The first kappa shape index (κ1) is 13.8. The van der Waals surface area contributed by atoms with Crippen LogP contribution in [0.5, 0.6) is 0 Å². The highest BCUT2D eigenvalue weighted by Crippen LogP contribution is 2.23. The van der Waals surface area contributed by atoms with E-state index in [0.717, 1.165) is 6.20 Å². The fourth-order valence-corrected chi connectivity index (χ4v) is 1.66. The molecule has 1 heterocycles. The Morgan fingerprint density at radius 2 is 2.24 bits per heavy atom. The molecule has 0 aliphatic rings. The molecule has 0 spiro atoms.